The predicted molar refractivity (Wildman–Crippen MR) is 137 cm³/mol. The van der Waals surface area contributed by atoms with E-state index in [4.69, 9.17) is 23.2 Å². The van der Waals surface area contributed by atoms with Crippen molar-refractivity contribution in [1.82, 2.24) is 0 Å². The minimum absolute atomic E-state index is 0. The third-order valence-corrected chi connectivity index (χ3v) is 6.15. The molecule has 0 N–H and O–H groups in total. The van der Waals surface area contributed by atoms with Crippen LogP contribution >= 0.6 is 23.2 Å². The smallest absolute Gasteiger partial charge is 0.0967 e. The van der Waals surface area contributed by atoms with Gasteiger partial charge in [-0.05, 0) is 38.5 Å². The molecule has 0 aliphatic rings. The lowest BCUT2D eigenvalue weighted by Gasteiger charge is -2.35. The second kappa shape index (κ2) is 29.8. The number of unbranched alkanes of at least 4 members (excludes halogenated alkanes) is 15. The fourth-order valence-electron chi connectivity index (χ4n) is 4.16. The average Bonchev–Trinajstić information content (AvgIpc) is 2.71. The van der Waals surface area contributed by atoms with E-state index in [1.54, 1.807) is 0 Å². The zero-order valence-electron chi connectivity index (χ0n) is 21.1. The zero-order valence-corrected chi connectivity index (χ0v) is 23.4. The van der Waals surface area contributed by atoms with E-state index in [2.05, 4.69) is 27.8 Å². The lowest BCUT2D eigenvalue weighted by Crippen LogP contribution is -3.00. The van der Waals surface area contributed by atoms with Crippen molar-refractivity contribution in [3.8, 4) is 0 Å². The summed E-state index contributed by atoms with van der Waals surface area (Å²) in [5, 5.41) is 0.194. The van der Waals surface area contributed by atoms with Gasteiger partial charge in [0.25, 0.3) is 0 Å². The topological polar surface area (TPSA) is 0 Å². The van der Waals surface area contributed by atoms with E-state index in [1.165, 1.54) is 140 Å². The number of hydrogen-bond donors (Lipinski definition) is 0. The van der Waals surface area contributed by atoms with Gasteiger partial charge in [-0.25, -0.2) is 0 Å². The maximum atomic E-state index is 4.76. The highest BCUT2D eigenvalue weighted by atomic mass is 35.5. The van der Waals surface area contributed by atoms with Crippen LogP contribution in [-0.4, -0.2) is 36.5 Å². The van der Waals surface area contributed by atoms with Gasteiger partial charge in [-0.15, -0.1) is 23.2 Å². The minimum Gasteiger partial charge on any atom is -1.00 e. The molecule has 0 aromatic carbocycles. The van der Waals surface area contributed by atoms with Crippen LogP contribution in [0.1, 0.15) is 136 Å². The molecule has 0 aliphatic heterocycles. The number of alkyl halides is 2. The van der Waals surface area contributed by atoms with Crippen LogP contribution in [0, 0.1) is 0 Å². The van der Waals surface area contributed by atoms with E-state index in [9.17, 15) is 0 Å². The van der Waals surface area contributed by atoms with Gasteiger partial charge >= 0.3 is 0 Å². The molecule has 4 heteroatoms. The molecule has 0 spiro atoms. The Labute approximate surface area is 208 Å². The fraction of sp³-hybridized carbons (Fsp3) is 1.00. The van der Waals surface area contributed by atoms with E-state index in [0.29, 0.717) is 0 Å². The van der Waals surface area contributed by atoms with Gasteiger partial charge in [0.15, 0.2) is 0 Å². The molecule has 0 aromatic rings. The number of hydrogen-bond acceptors (Lipinski definition) is 0. The van der Waals surface area contributed by atoms with Crippen molar-refractivity contribution in [1.29, 1.82) is 0 Å². The van der Waals surface area contributed by atoms with Gasteiger partial charge in [0.2, 0.25) is 0 Å². The van der Waals surface area contributed by atoms with Gasteiger partial charge in [0.1, 0.15) is 0 Å². The van der Waals surface area contributed by atoms with Crippen LogP contribution in [0.25, 0.3) is 0 Å². The highest BCUT2D eigenvalue weighted by molar-refractivity contribution is 6.40. The Balaban J connectivity index is -0.00000171. The van der Waals surface area contributed by atoms with Gasteiger partial charge in [-0.3, -0.25) is 0 Å². The first-order valence-corrected chi connectivity index (χ1v) is 14.1. The number of rotatable bonds is 21. The Morgan fingerprint density at radius 2 is 0.633 bits per heavy atom. The van der Waals surface area contributed by atoms with E-state index in [0.717, 1.165) is 0 Å². The summed E-state index contributed by atoms with van der Waals surface area (Å²) < 4.78 is 1.36. The van der Waals surface area contributed by atoms with Crippen molar-refractivity contribution in [2.75, 3.05) is 32.0 Å². The normalized spacial score (nSPS) is 11.0. The van der Waals surface area contributed by atoms with Crippen molar-refractivity contribution in [3.63, 3.8) is 0 Å². The second-order valence-electron chi connectivity index (χ2n) is 9.19. The number of nitrogens with zero attached hydrogens (tertiary/aromatic N) is 1. The monoisotopic (exact) mass is 487 g/mol. The molecule has 0 saturated carbocycles. The van der Waals surface area contributed by atoms with Crippen molar-refractivity contribution < 1.29 is 16.9 Å². The SMILES string of the molecule is CCCCCCCC[N+](C)(CCCCCCCC)CCCCCCCC.ClCCl.[Cl-]. The Hall–Kier alpha value is 0.830. The van der Waals surface area contributed by atoms with Crippen molar-refractivity contribution in [2.24, 2.45) is 0 Å². The second-order valence-corrected chi connectivity index (χ2v) is 10.0. The highest BCUT2D eigenvalue weighted by Gasteiger charge is 2.20. The Morgan fingerprint density at radius 3 is 0.867 bits per heavy atom. The first-order valence-electron chi connectivity index (χ1n) is 13.1. The highest BCUT2D eigenvalue weighted by Crippen LogP contribution is 2.16. The van der Waals surface area contributed by atoms with Crippen LogP contribution in [0.5, 0.6) is 0 Å². The van der Waals surface area contributed by atoms with Gasteiger partial charge < -0.3 is 16.9 Å². The van der Waals surface area contributed by atoms with E-state index in [1.807, 2.05) is 0 Å². The molecular formula is C26H56Cl3N. The van der Waals surface area contributed by atoms with Gasteiger partial charge in [0.05, 0.1) is 32.0 Å². The predicted octanol–water partition coefficient (Wildman–Crippen LogP) is 6.94. The first-order chi connectivity index (χ1) is 14.1. The zero-order chi connectivity index (χ0) is 22.1. The molecule has 0 aromatic heterocycles. The third kappa shape index (κ3) is 28.8. The quantitative estimate of drug-likeness (QED) is 0.0932. The maximum absolute atomic E-state index is 4.76. The summed E-state index contributed by atoms with van der Waals surface area (Å²) in [5.41, 5.74) is 0. The fourth-order valence-corrected chi connectivity index (χ4v) is 4.16. The molecule has 0 amide bonds. The minimum atomic E-state index is 0. The Morgan fingerprint density at radius 1 is 0.433 bits per heavy atom. The van der Waals surface area contributed by atoms with E-state index >= 15 is 0 Å². The largest absolute Gasteiger partial charge is 1.00 e. The molecule has 0 saturated heterocycles. The van der Waals surface area contributed by atoms with Crippen LogP contribution in [0.15, 0.2) is 0 Å². The summed E-state index contributed by atoms with van der Waals surface area (Å²) in [6, 6.07) is 0. The summed E-state index contributed by atoms with van der Waals surface area (Å²) in [6.45, 7) is 11.2. The summed E-state index contributed by atoms with van der Waals surface area (Å²) in [4.78, 5) is 0. The maximum Gasteiger partial charge on any atom is 0.0967 e. The molecule has 0 unspecified atom stereocenters. The van der Waals surface area contributed by atoms with Crippen molar-refractivity contribution in [2.45, 2.75) is 136 Å². The summed E-state index contributed by atoms with van der Waals surface area (Å²) in [5.74, 6) is 0. The lowest BCUT2D eigenvalue weighted by molar-refractivity contribution is -0.910. The van der Waals surface area contributed by atoms with Crippen LogP contribution in [0.3, 0.4) is 0 Å². The first kappa shape index (κ1) is 35.4. The standard InChI is InChI=1S/C25H54N.CH2Cl2.ClH/c1-5-8-11-14-17-20-23-26(4,24-21-18-15-12-9-6-2)25-22-19-16-13-10-7-3;2-1-3;/h5-25H2,1-4H3;1H2;1H/q+1;;/p-1. The molecule has 30 heavy (non-hydrogen) atoms. The van der Waals surface area contributed by atoms with Crippen molar-refractivity contribution >= 4 is 23.2 Å². The van der Waals surface area contributed by atoms with Crippen LogP contribution in [-0.2, 0) is 0 Å². The molecule has 0 radical (unpaired) electrons. The Bertz CT molecular complexity index is 247. The summed E-state index contributed by atoms with van der Waals surface area (Å²) in [7, 11) is 2.56. The van der Waals surface area contributed by atoms with Crippen LogP contribution < -0.4 is 12.4 Å². The van der Waals surface area contributed by atoms with Gasteiger partial charge in [-0.2, -0.15) is 0 Å². The average molecular weight is 489 g/mol. The molecule has 0 bridgehead atoms. The third-order valence-electron chi connectivity index (χ3n) is 6.15. The van der Waals surface area contributed by atoms with Gasteiger partial charge in [0, 0.05) is 0 Å². The number of quaternary nitrogens is 1. The van der Waals surface area contributed by atoms with Crippen LogP contribution in [0.4, 0.5) is 0 Å². The van der Waals surface area contributed by atoms with Crippen molar-refractivity contribution in [3.05, 3.63) is 0 Å². The summed E-state index contributed by atoms with van der Waals surface area (Å²) in [6.07, 6.45) is 25.9. The van der Waals surface area contributed by atoms with Crippen LogP contribution in [0.2, 0.25) is 0 Å². The molecule has 0 fully saturated rings. The lowest BCUT2D eigenvalue weighted by atomic mass is 10.1. The number of halogens is 3. The molecule has 186 valence electrons. The molecule has 0 rings (SSSR count). The Kier molecular flexibility index (Phi) is 35.2. The molecular weight excluding hydrogens is 433 g/mol. The molecule has 0 heterocycles. The van der Waals surface area contributed by atoms with Gasteiger partial charge in [-0.1, -0.05) is 97.8 Å². The van der Waals surface area contributed by atoms with E-state index in [-0.39, 0.29) is 17.7 Å². The summed E-state index contributed by atoms with van der Waals surface area (Å²) >= 11 is 9.53. The molecule has 0 aliphatic carbocycles. The molecule has 0 atom stereocenters. The molecule has 1 nitrogen and oxygen atoms in total. The van der Waals surface area contributed by atoms with E-state index < -0.39 is 0 Å².